The Hall–Kier alpha value is -0.900. The van der Waals surface area contributed by atoms with Crippen LogP contribution < -0.4 is 5.32 Å². The van der Waals surface area contributed by atoms with E-state index in [0.29, 0.717) is 6.04 Å². The number of ether oxygens (including phenoxy) is 2. The molecule has 128 valence electrons. The zero-order valence-electron chi connectivity index (χ0n) is 12.2. The minimum atomic E-state index is -5.08. The highest BCUT2D eigenvalue weighted by atomic mass is 19.4. The zero-order valence-corrected chi connectivity index (χ0v) is 12.2. The average molecular weight is 326 g/mol. The molecule has 0 aromatic rings. The van der Waals surface area contributed by atoms with Crippen LogP contribution in [0.1, 0.15) is 12.8 Å². The van der Waals surface area contributed by atoms with Crippen molar-refractivity contribution in [2.75, 3.05) is 46.0 Å². The fraction of sp³-hybridized carbons (Fsp3) is 0.923. The van der Waals surface area contributed by atoms with Crippen molar-refractivity contribution in [3.63, 3.8) is 0 Å². The topological polar surface area (TPSA) is 71.0 Å². The fourth-order valence-corrected chi connectivity index (χ4v) is 3.05. The highest BCUT2D eigenvalue weighted by molar-refractivity contribution is 5.73. The molecule has 0 radical (unpaired) electrons. The lowest BCUT2D eigenvalue weighted by molar-refractivity contribution is -0.232. The van der Waals surface area contributed by atoms with Gasteiger partial charge in [-0.3, -0.25) is 4.90 Å². The maximum atomic E-state index is 10.6. The minimum Gasteiger partial charge on any atom is -0.475 e. The van der Waals surface area contributed by atoms with Crippen molar-refractivity contribution < 1.29 is 32.5 Å². The number of alkyl halides is 3. The molecular formula is C13H21F3N2O4. The number of morpholine rings is 1. The maximum Gasteiger partial charge on any atom is 0.490 e. The summed E-state index contributed by atoms with van der Waals surface area (Å²) < 4.78 is 43.0. The molecule has 0 aliphatic carbocycles. The minimum absolute atomic E-state index is 0.183. The summed E-state index contributed by atoms with van der Waals surface area (Å²) in [5.41, 5.74) is 0.183. The highest BCUT2D eigenvalue weighted by Crippen LogP contribution is 2.38. The van der Waals surface area contributed by atoms with Crippen LogP contribution in [0.5, 0.6) is 0 Å². The Kier molecular flexibility index (Phi) is 5.65. The van der Waals surface area contributed by atoms with Crippen molar-refractivity contribution in [1.82, 2.24) is 10.2 Å². The van der Waals surface area contributed by atoms with Gasteiger partial charge in [-0.2, -0.15) is 13.2 Å². The summed E-state index contributed by atoms with van der Waals surface area (Å²) in [6.45, 7) is 7.11. The van der Waals surface area contributed by atoms with Gasteiger partial charge in [-0.15, -0.1) is 0 Å². The first-order chi connectivity index (χ1) is 10.4. The van der Waals surface area contributed by atoms with Gasteiger partial charge in [-0.25, -0.2) is 4.79 Å². The Morgan fingerprint density at radius 3 is 2.18 bits per heavy atom. The van der Waals surface area contributed by atoms with Gasteiger partial charge >= 0.3 is 12.1 Å². The van der Waals surface area contributed by atoms with E-state index in [2.05, 4.69) is 10.2 Å². The molecule has 0 saturated carbocycles. The third-order valence-corrected chi connectivity index (χ3v) is 4.31. The van der Waals surface area contributed by atoms with E-state index in [1.54, 1.807) is 0 Å². The van der Waals surface area contributed by atoms with Crippen molar-refractivity contribution in [2.24, 2.45) is 0 Å². The van der Waals surface area contributed by atoms with E-state index in [4.69, 9.17) is 19.4 Å². The molecule has 22 heavy (non-hydrogen) atoms. The SMILES string of the molecule is C1CC2(CCN1)OCC2N1CCOCC1.O=C(O)C(F)(F)F. The highest BCUT2D eigenvalue weighted by Gasteiger charge is 2.51. The normalized spacial score (nSPS) is 28.4. The van der Waals surface area contributed by atoms with E-state index in [1.165, 1.54) is 12.8 Å². The molecule has 1 spiro atoms. The first-order valence-corrected chi connectivity index (χ1v) is 7.32. The molecular weight excluding hydrogens is 305 g/mol. The van der Waals surface area contributed by atoms with Crippen LogP contribution in [0.2, 0.25) is 0 Å². The Balaban J connectivity index is 0.000000217. The molecule has 3 fully saturated rings. The summed E-state index contributed by atoms with van der Waals surface area (Å²) in [6, 6.07) is 0.656. The molecule has 3 aliphatic heterocycles. The summed E-state index contributed by atoms with van der Waals surface area (Å²) in [6.07, 6.45) is -2.73. The predicted octanol–water partition coefficient (Wildman–Crippen LogP) is 0.473. The zero-order chi connectivity index (χ0) is 16.2. The molecule has 9 heteroatoms. The van der Waals surface area contributed by atoms with E-state index >= 15 is 0 Å². The van der Waals surface area contributed by atoms with Crippen LogP contribution in [0, 0.1) is 0 Å². The number of hydrogen-bond acceptors (Lipinski definition) is 5. The van der Waals surface area contributed by atoms with E-state index in [0.717, 1.165) is 46.0 Å². The van der Waals surface area contributed by atoms with Crippen LogP contribution in [-0.4, -0.2) is 79.8 Å². The number of carboxylic acids is 1. The van der Waals surface area contributed by atoms with Crippen LogP contribution in [0.15, 0.2) is 0 Å². The summed E-state index contributed by atoms with van der Waals surface area (Å²) >= 11 is 0. The second-order valence-corrected chi connectivity index (χ2v) is 5.59. The molecule has 3 rings (SSSR count). The molecule has 0 aromatic heterocycles. The van der Waals surface area contributed by atoms with Gasteiger partial charge in [-0.1, -0.05) is 0 Å². The van der Waals surface area contributed by atoms with E-state index < -0.39 is 12.1 Å². The van der Waals surface area contributed by atoms with Gasteiger partial charge in [0, 0.05) is 13.1 Å². The molecule has 3 saturated heterocycles. The van der Waals surface area contributed by atoms with Crippen LogP contribution in [0.25, 0.3) is 0 Å². The van der Waals surface area contributed by atoms with Crippen molar-refractivity contribution in [2.45, 2.75) is 30.7 Å². The summed E-state index contributed by atoms with van der Waals surface area (Å²) in [5, 5.41) is 10.5. The summed E-state index contributed by atoms with van der Waals surface area (Å²) in [7, 11) is 0. The second-order valence-electron chi connectivity index (χ2n) is 5.59. The largest absolute Gasteiger partial charge is 0.490 e. The third-order valence-electron chi connectivity index (χ3n) is 4.31. The van der Waals surface area contributed by atoms with Crippen LogP contribution in [0.3, 0.4) is 0 Å². The average Bonchev–Trinajstić information content (AvgIpc) is 2.48. The summed E-state index contributed by atoms with van der Waals surface area (Å²) in [5.74, 6) is -2.76. The quantitative estimate of drug-likeness (QED) is 0.730. The number of carboxylic acid groups (broad SMARTS) is 1. The van der Waals surface area contributed by atoms with Gasteiger partial charge in [0.2, 0.25) is 0 Å². The van der Waals surface area contributed by atoms with Crippen LogP contribution in [0.4, 0.5) is 13.2 Å². The second kappa shape index (κ2) is 7.12. The molecule has 1 unspecified atom stereocenters. The van der Waals surface area contributed by atoms with Gasteiger partial charge in [0.15, 0.2) is 0 Å². The molecule has 0 aromatic carbocycles. The van der Waals surface area contributed by atoms with Crippen LogP contribution in [-0.2, 0) is 14.3 Å². The number of halogens is 3. The number of hydrogen-bond donors (Lipinski definition) is 2. The Morgan fingerprint density at radius 2 is 1.77 bits per heavy atom. The Bertz CT molecular complexity index is 380. The van der Waals surface area contributed by atoms with Gasteiger partial charge in [0.25, 0.3) is 0 Å². The lowest BCUT2D eigenvalue weighted by Gasteiger charge is -2.56. The first kappa shape index (κ1) is 17.5. The Labute approximate surface area is 126 Å². The first-order valence-electron chi connectivity index (χ1n) is 7.32. The molecule has 6 nitrogen and oxygen atoms in total. The number of piperidine rings is 1. The maximum absolute atomic E-state index is 10.6. The molecule has 0 bridgehead atoms. The van der Waals surface area contributed by atoms with Crippen molar-refractivity contribution >= 4 is 5.97 Å². The van der Waals surface area contributed by atoms with Gasteiger partial charge in [0.1, 0.15) is 0 Å². The molecule has 1 atom stereocenters. The predicted molar refractivity (Wildman–Crippen MR) is 70.7 cm³/mol. The smallest absolute Gasteiger partial charge is 0.475 e. The number of carbonyl (C=O) groups is 1. The van der Waals surface area contributed by atoms with Crippen molar-refractivity contribution in [1.29, 1.82) is 0 Å². The van der Waals surface area contributed by atoms with Gasteiger partial charge in [-0.05, 0) is 25.9 Å². The lowest BCUT2D eigenvalue weighted by atomic mass is 9.79. The molecule has 2 N–H and O–H groups in total. The molecule has 3 heterocycles. The number of nitrogens with zero attached hydrogens (tertiary/aromatic N) is 1. The third kappa shape index (κ3) is 4.09. The van der Waals surface area contributed by atoms with E-state index in [9.17, 15) is 13.2 Å². The fourth-order valence-electron chi connectivity index (χ4n) is 3.05. The lowest BCUT2D eigenvalue weighted by Crippen LogP contribution is -2.69. The van der Waals surface area contributed by atoms with E-state index in [-0.39, 0.29) is 5.60 Å². The van der Waals surface area contributed by atoms with Crippen LogP contribution >= 0.6 is 0 Å². The van der Waals surface area contributed by atoms with Crippen molar-refractivity contribution in [3.8, 4) is 0 Å². The number of nitrogens with one attached hydrogen (secondary N) is 1. The standard InChI is InChI=1S/C11H20N2O2.C2HF3O2/c1-3-12-4-2-11(1)10(9-15-11)13-5-7-14-8-6-13;3-2(4,5)1(6)7/h10,12H,1-9H2;(H,6,7). The number of rotatable bonds is 1. The van der Waals surface area contributed by atoms with E-state index in [1.807, 2.05) is 0 Å². The molecule has 3 aliphatic rings. The monoisotopic (exact) mass is 326 g/mol. The van der Waals surface area contributed by atoms with Gasteiger partial charge < -0.3 is 19.9 Å². The molecule has 0 amide bonds. The Morgan fingerprint density at radius 1 is 1.23 bits per heavy atom. The van der Waals surface area contributed by atoms with Crippen molar-refractivity contribution in [3.05, 3.63) is 0 Å². The van der Waals surface area contributed by atoms with Gasteiger partial charge in [0.05, 0.1) is 31.5 Å². The number of aliphatic carboxylic acids is 1. The summed E-state index contributed by atoms with van der Waals surface area (Å²) in [4.78, 5) is 11.5.